The zero-order valence-corrected chi connectivity index (χ0v) is 19.1. The van der Waals surface area contributed by atoms with Gasteiger partial charge in [-0.2, -0.15) is 0 Å². The average Bonchev–Trinajstić information content (AvgIpc) is 2.86. The lowest BCUT2D eigenvalue weighted by Crippen LogP contribution is -2.58. The molecule has 0 bridgehead atoms. The first-order valence-electron chi connectivity index (χ1n) is 11.4. The summed E-state index contributed by atoms with van der Waals surface area (Å²) in [5, 5.41) is 21.7. The van der Waals surface area contributed by atoms with Gasteiger partial charge in [0.1, 0.15) is 24.6 Å². The summed E-state index contributed by atoms with van der Waals surface area (Å²) < 4.78 is 18.3. The van der Waals surface area contributed by atoms with Gasteiger partial charge in [0.2, 0.25) is 0 Å². The van der Waals surface area contributed by atoms with E-state index in [2.05, 4.69) is 5.32 Å². The van der Waals surface area contributed by atoms with Crippen LogP contribution in [0.3, 0.4) is 0 Å². The van der Waals surface area contributed by atoms with Crippen molar-refractivity contribution in [3.05, 3.63) is 71.0 Å². The second-order valence-corrected chi connectivity index (χ2v) is 8.83. The fraction of sp³-hybridized carbons (Fsp3) is 0.346. The molecule has 1 spiro atoms. The number of aliphatic carboxylic acids is 1. The number of ether oxygens (including phenoxy) is 1. The van der Waals surface area contributed by atoms with Crippen molar-refractivity contribution in [1.82, 2.24) is 10.2 Å². The van der Waals surface area contributed by atoms with Crippen molar-refractivity contribution < 1.29 is 33.7 Å². The lowest BCUT2D eigenvalue weighted by atomic mass is 9.79. The number of hydrogen-bond donors (Lipinski definition) is 3. The molecule has 2 amide bonds. The van der Waals surface area contributed by atoms with Crippen molar-refractivity contribution in [3.8, 4) is 11.1 Å². The summed E-state index contributed by atoms with van der Waals surface area (Å²) >= 11 is 0. The van der Waals surface area contributed by atoms with Crippen LogP contribution in [0.4, 0.5) is 4.39 Å². The molecule has 2 aromatic carbocycles. The number of nitrogens with one attached hydrogen (secondary N) is 1. The van der Waals surface area contributed by atoms with E-state index in [-0.39, 0.29) is 18.7 Å². The molecule has 0 unspecified atom stereocenters. The number of alkyl halides is 1. The van der Waals surface area contributed by atoms with E-state index in [1.807, 2.05) is 36.4 Å². The number of benzene rings is 2. The number of carbonyl (C=O) groups excluding carboxylic acids is 2. The van der Waals surface area contributed by atoms with Gasteiger partial charge >= 0.3 is 5.97 Å². The number of carboxylic acid groups (broad SMARTS) is 1. The Morgan fingerprint density at radius 3 is 2.11 bits per heavy atom. The number of amides is 2. The maximum atomic E-state index is 13.5. The Balaban J connectivity index is 1.59. The molecule has 0 atom stereocenters. The molecule has 2 aromatic rings. The van der Waals surface area contributed by atoms with Crippen molar-refractivity contribution in [2.24, 2.45) is 0 Å². The molecule has 35 heavy (non-hydrogen) atoms. The lowest BCUT2D eigenvalue weighted by Gasteiger charge is -2.49. The standard InChI is InChI=1S/C26H27FN2O6/c27-14-17-1-5-19(6-2-17)20-7-3-18(4-8-20)16-29-25(34)23(24(33)28-15-22(31)32)21(30)13-26(29)9-11-35-12-10-26/h1-8,30H,9-16H2,(H,28,33)(H,31,32). The highest BCUT2D eigenvalue weighted by molar-refractivity contribution is 6.19. The zero-order valence-electron chi connectivity index (χ0n) is 19.1. The molecule has 8 nitrogen and oxygen atoms in total. The SMILES string of the molecule is O=C(O)CNC(=O)C1=C(O)CC2(CCOCC2)N(Cc2ccc(-c3ccc(CF)cc3)cc2)C1=O. The predicted molar refractivity (Wildman–Crippen MR) is 125 cm³/mol. The molecule has 2 heterocycles. The van der Waals surface area contributed by atoms with Gasteiger partial charge in [0.05, 0.1) is 5.54 Å². The maximum absolute atomic E-state index is 13.5. The van der Waals surface area contributed by atoms with Crippen LogP contribution in [0.15, 0.2) is 59.9 Å². The molecule has 0 saturated carbocycles. The first-order chi connectivity index (χ1) is 16.8. The fourth-order valence-electron chi connectivity index (χ4n) is 4.65. The predicted octanol–water partition coefficient (Wildman–Crippen LogP) is 3.12. The van der Waals surface area contributed by atoms with Crippen LogP contribution in [-0.4, -0.2) is 58.2 Å². The highest BCUT2D eigenvalue weighted by atomic mass is 19.1. The topological polar surface area (TPSA) is 116 Å². The van der Waals surface area contributed by atoms with Gasteiger partial charge < -0.3 is 25.2 Å². The highest BCUT2D eigenvalue weighted by Crippen LogP contribution is 2.40. The van der Waals surface area contributed by atoms with E-state index < -0.39 is 42.1 Å². The van der Waals surface area contributed by atoms with Gasteiger partial charge in [0.15, 0.2) is 0 Å². The van der Waals surface area contributed by atoms with Crippen LogP contribution in [0.1, 0.15) is 30.4 Å². The third-order valence-electron chi connectivity index (χ3n) is 6.60. The first kappa shape index (κ1) is 24.4. The van der Waals surface area contributed by atoms with Gasteiger partial charge in [0.25, 0.3) is 11.8 Å². The van der Waals surface area contributed by atoms with Crippen LogP contribution in [0, 0.1) is 0 Å². The summed E-state index contributed by atoms with van der Waals surface area (Å²) in [6.45, 7) is -0.119. The third kappa shape index (κ3) is 5.19. The van der Waals surface area contributed by atoms with Gasteiger partial charge in [0, 0.05) is 26.2 Å². The number of rotatable bonds is 7. The fourth-order valence-corrected chi connectivity index (χ4v) is 4.65. The average molecular weight is 483 g/mol. The Morgan fingerprint density at radius 2 is 1.57 bits per heavy atom. The van der Waals surface area contributed by atoms with E-state index in [1.54, 1.807) is 17.0 Å². The molecule has 2 aliphatic heterocycles. The normalized spacial score (nSPS) is 17.5. The second kappa shape index (κ2) is 10.3. The molecule has 2 aliphatic rings. The van der Waals surface area contributed by atoms with E-state index in [0.717, 1.165) is 16.7 Å². The van der Waals surface area contributed by atoms with Crippen LogP contribution < -0.4 is 5.32 Å². The summed E-state index contributed by atoms with van der Waals surface area (Å²) in [6.07, 6.45) is 1.11. The highest BCUT2D eigenvalue weighted by Gasteiger charge is 2.48. The number of hydrogen-bond acceptors (Lipinski definition) is 5. The zero-order chi connectivity index (χ0) is 25.0. The van der Waals surface area contributed by atoms with Gasteiger partial charge in [-0.05, 0) is 35.1 Å². The minimum absolute atomic E-state index is 0.0942. The van der Waals surface area contributed by atoms with Crippen molar-refractivity contribution in [1.29, 1.82) is 0 Å². The van der Waals surface area contributed by atoms with E-state index in [9.17, 15) is 23.9 Å². The van der Waals surface area contributed by atoms with Crippen LogP contribution in [0.5, 0.6) is 0 Å². The number of halogens is 1. The lowest BCUT2D eigenvalue weighted by molar-refractivity contribution is -0.145. The molecule has 4 rings (SSSR count). The monoisotopic (exact) mass is 482 g/mol. The quantitative estimate of drug-likeness (QED) is 0.523. The minimum atomic E-state index is -1.25. The number of aliphatic hydroxyl groups is 1. The molecular weight excluding hydrogens is 455 g/mol. The summed E-state index contributed by atoms with van der Waals surface area (Å²) in [5.74, 6) is -3.12. The van der Waals surface area contributed by atoms with Crippen molar-refractivity contribution in [2.45, 2.75) is 38.0 Å². The number of carboxylic acids is 1. The Morgan fingerprint density at radius 1 is 1.00 bits per heavy atom. The van der Waals surface area contributed by atoms with Crippen molar-refractivity contribution in [3.63, 3.8) is 0 Å². The van der Waals surface area contributed by atoms with Gasteiger partial charge in [-0.15, -0.1) is 0 Å². The summed E-state index contributed by atoms with van der Waals surface area (Å²) in [4.78, 5) is 38.5. The van der Waals surface area contributed by atoms with Gasteiger partial charge in [-0.3, -0.25) is 14.4 Å². The second-order valence-electron chi connectivity index (χ2n) is 8.83. The van der Waals surface area contributed by atoms with Gasteiger partial charge in [-0.1, -0.05) is 48.5 Å². The van der Waals surface area contributed by atoms with E-state index in [4.69, 9.17) is 9.84 Å². The molecule has 3 N–H and O–H groups in total. The van der Waals surface area contributed by atoms with Crippen LogP contribution >= 0.6 is 0 Å². The van der Waals surface area contributed by atoms with E-state index in [0.29, 0.717) is 31.6 Å². The van der Waals surface area contributed by atoms with Crippen LogP contribution in [0.25, 0.3) is 11.1 Å². The number of aliphatic hydroxyl groups excluding tert-OH is 1. The summed E-state index contributed by atoms with van der Waals surface area (Å²) in [6, 6.07) is 14.8. The molecule has 0 aromatic heterocycles. The minimum Gasteiger partial charge on any atom is -0.511 e. The van der Waals surface area contributed by atoms with E-state index in [1.165, 1.54) is 0 Å². The van der Waals surface area contributed by atoms with Gasteiger partial charge in [-0.25, -0.2) is 4.39 Å². The molecule has 184 valence electrons. The molecular formula is C26H27FN2O6. The third-order valence-corrected chi connectivity index (χ3v) is 6.60. The number of nitrogens with zero attached hydrogens (tertiary/aromatic N) is 1. The Bertz CT molecular complexity index is 1140. The molecule has 1 saturated heterocycles. The maximum Gasteiger partial charge on any atom is 0.322 e. The van der Waals surface area contributed by atoms with Crippen LogP contribution in [-0.2, 0) is 32.3 Å². The summed E-state index contributed by atoms with van der Waals surface area (Å²) in [7, 11) is 0. The number of carbonyl (C=O) groups is 3. The van der Waals surface area contributed by atoms with Crippen LogP contribution in [0.2, 0.25) is 0 Å². The Hall–Kier alpha value is -3.72. The molecule has 1 fully saturated rings. The largest absolute Gasteiger partial charge is 0.511 e. The summed E-state index contributed by atoms with van der Waals surface area (Å²) in [5.41, 5.74) is 2.20. The molecule has 0 aliphatic carbocycles. The smallest absolute Gasteiger partial charge is 0.322 e. The first-order valence-corrected chi connectivity index (χ1v) is 11.4. The Kier molecular flexibility index (Phi) is 7.16. The molecule has 9 heteroatoms. The Labute approximate surface area is 202 Å². The van der Waals surface area contributed by atoms with E-state index >= 15 is 0 Å². The molecule has 0 radical (unpaired) electrons. The van der Waals surface area contributed by atoms with Crippen molar-refractivity contribution >= 4 is 17.8 Å². The van der Waals surface area contributed by atoms with Crippen molar-refractivity contribution in [2.75, 3.05) is 19.8 Å².